The van der Waals surface area contributed by atoms with Crippen LogP contribution in [0.1, 0.15) is 19.8 Å². The first-order chi connectivity index (χ1) is 8.72. The number of carbonyl (C=O) groups is 1. The number of piperidine rings is 1. The average molecular weight is 251 g/mol. The Hall–Kier alpha value is -1.12. The van der Waals surface area contributed by atoms with Crippen LogP contribution in [-0.4, -0.2) is 61.1 Å². The van der Waals surface area contributed by atoms with Crippen molar-refractivity contribution in [3.63, 3.8) is 0 Å². The lowest BCUT2D eigenvalue weighted by atomic mass is 9.97. The van der Waals surface area contributed by atoms with Gasteiger partial charge in [0.25, 0.3) is 0 Å². The second-order valence-electron chi connectivity index (χ2n) is 5.05. The van der Waals surface area contributed by atoms with Crippen LogP contribution in [0.15, 0.2) is 0 Å². The summed E-state index contributed by atoms with van der Waals surface area (Å²) in [6, 6.07) is 2.25. The van der Waals surface area contributed by atoms with Gasteiger partial charge >= 0.3 is 0 Å². The number of ether oxygens (including phenoxy) is 1. The summed E-state index contributed by atoms with van der Waals surface area (Å²) in [5, 5.41) is 8.87. The highest BCUT2D eigenvalue weighted by atomic mass is 16.5. The van der Waals surface area contributed by atoms with Crippen molar-refractivity contribution in [1.82, 2.24) is 9.80 Å². The summed E-state index contributed by atoms with van der Waals surface area (Å²) in [6.45, 7) is 6.40. The Balaban J connectivity index is 1.85. The van der Waals surface area contributed by atoms with Crippen LogP contribution < -0.4 is 0 Å². The molecule has 2 aliphatic rings. The molecule has 2 heterocycles. The molecule has 5 heteroatoms. The van der Waals surface area contributed by atoms with E-state index in [4.69, 9.17) is 10.00 Å². The van der Waals surface area contributed by atoms with E-state index in [-0.39, 0.29) is 17.9 Å². The molecule has 0 aromatic rings. The predicted octanol–water partition coefficient (Wildman–Crippen LogP) is 0.469. The van der Waals surface area contributed by atoms with Crippen LogP contribution in [0.3, 0.4) is 0 Å². The monoisotopic (exact) mass is 251 g/mol. The Morgan fingerprint density at radius 2 is 1.89 bits per heavy atom. The number of hydrogen-bond acceptors (Lipinski definition) is 4. The Kier molecular flexibility index (Phi) is 4.56. The van der Waals surface area contributed by atoms with Crippen LogP contribution in [0.5, 0.6) is 0 Å². The van der Waals surface area contributed by atoms with Gasteiger partial charge in [-0.15, -0.1) is 0 Å². The van der Waals surface area contributed by atoms with Crippen molar-refractivity contribution in [2.24, 2.45) is 5.92 Å². The summed E-state index contributed by atoms with van der Waals surface area (Å²) < 4.78 is 5.26. The van der Waals surface area contributed by atoms with Gasteiger partial charge in [0.05, 0.1) is 25.3 Å². The summed E-state index contributed by atoms with van der Waals surface area (Å²) in [4.78, 5) is 16.4. The van der Waals surface area contributed by atoms with Crippen molar-refractivity contribution in [1.29, 1.82) is 5.26 Å². The molecule has 1 atom stereocenters. The van der Waals surface area contributed by atoms with Gasteiger partial charge in [0.15, 0.2) is 0 Å². The summed E-state index contributed by atoms with van der Waals surface area (Å²) >= 11 is 0. The van der Waals surface area contributed by atoms with E-state index in [1.807, 2.05) is 11.8 Å². The zero-order valence-corrected chi connectivity index (χ0v) is 11.0. The predicted molar refractivity (Wildman–Crippen MR) is 66.8 cm³/mol. The van der Waals surface area contributed by atoms with Gasteiger partial charge in [-0.2, -0.15) is 5.26 Å². The fraction of sp³-hybridized carbons (Fsp3) is 0.846. The third-order valence-corrected chi connectivity index (χ3v) is 3.94. The van der Waals surface area contributed by atoms with E-state index in [0.29, 0.717) is 26.3 Å². The maximum Gasteiger partial charge on any atom is 0.239 e. The SMILES string of the molecule is CC(C(=O)N1CCOCC1)N1CCC(C#N)CC1. The van der Waals surface area contributed by atoms with E-state index in [0.717, 1.165) is 25.9 Å². The molecule has 5 nitrogen and oxygen atoms in total. The number of likely N-dealkylation sites (tertiary alicyclic amines) is 1. The minimum absolute atomic E-state index is 0.0669. The van der Waals surface area contributed by atoms with Crippen LogP contribution in [0.25, 0.3) is 0 Å². The lowest BCUT2D eigenvalue weighted by molar-refractivity contribution is -0.141. The number of morpholine rings is 1. The highest BCUT2D eigenvalue weighted by Gasteiger charge is 2.29. The number of nitrogens with zero attached hydrogens (tertiary/aromatic N) is 3. The minimum Gasteiger partial charge on any atom is -0.378 e. The first-order valence-corrected chi connectivity index (χ1v) is 6.72. The number of rotatable bonds is 2. The van der Waals surface area contributed by atoms with Gasteiger partial charge in [-0.3, -0.25) is 9.69 Å². The normalized spacial score (nSPS) is 24.6. The van der Waals surface area contributed by atoms with Crippen molar-refractivity contribution in [2.75, 3.05) is 39.4 Å². The Morgan fingerprint density at radius 1 is 1.28 bits per heavy atom. The second kappa shape index (κ2) is 6.17. The van der Waals surface area contributed by atoms with Crippen LogP contribution in [0.2, 0.25) is 0 Å². The van der Waals surface area contributed by atoms with Crippen molar-refractivity contribution >= 4 is 5.91 Å². The maximum atomic E-state index is 12.3. The molecule has 2 aliphatic heterocycles. The third kappa shape index (κ3) is 3.01. The number of hydrogen-bond donors (Lipinski definition) is 0. The summed E-state index contributed by atoms with van der Waals surface area (Å²) in [6.07, 6.45) is 1.77. The van der Waals surface area contributed by atoms with E-state index in [1.165, 1.54) is 0 Å². The molecule has 1 unspecified atom stereocenters. The molecule has 0 radical (unpaired) electrons. The number of carbonyl (C=O) groups excluding carboxylic acids is 1. The van der Waals surface area contributed by atoms with Crippen LogP contribution >= 0.6 is 0 Å². The third-order valence-electron chi connectivity index (χ3n) is 3.94. The van der Waals surface area contributed by atoms with Gasteiger partial charge in [-0.1, -0.05) is 0 Å². The maximum absolute atomic E-state index is 12.3. The van der Waals surface area contributed by atoms with E-state index >= 15 is 0 Å². The minimum atomic E-state index is -0.0669. The first-order valence-electron chi connectivity index (χ1n) is 6.72. The van der Waals surface area contributed by atoms with Crippen molar-refractivity contribution in [3.8, 4) is 6.07 Å². The van der Waals surface area contributed by atoms with Gasteiger partial charge in [0.1, 0.15) is 0 Å². The molecule has 2 fully saturated rings. The second-order valence-corrected chi connectivity index (χ2v) is 5.05. The van der Waals surface area contributed by atoms with Crippen molar-refractivity contribution in [3.05, 3.63) is 0 Å². The summed E-state index contributed by atoms with van der Waals surface area (Å²) in [5.41, 5.74) is 0. The highest BCUT2D eigenvalue weighted by Crippen LogP contribution is 2.19. The summed E-state index contributed by atoms with van der Waals surface area (Å²) in [7, 11) is 0. The van der Waals surface area contributed by atoms with Crippen molar-refractivity contribution < 1.29 is 9.53 Å². The molecule has 0 aromatic heterocycles. The average Bonchev–Trinajstić information content (AvgIpc) is 2.47. The zero-order chi connectivity index (χ0) is 13.0. The van der Waals surface area contributed by atoms with Gasteiger partial charge in [-0.05, 0) is 19.8 Å². The number of nitriles is 1. The largest absolute Gasteiger partial charge is 0.378 e. The molecule has 2 rings (SSSR count). The molecule has 2 saturated heterocycles. The van der Waals surface area contributed by atoms with Gasteiger partial charge < -0.3 is 9.64 Å². The molecule has 0 aromatic carbocycles. The summed E-state index contributed by atoms with van der Waals surface area (Å²) in [5.74, 6) is 0.376. The molecule has 0 spiro atoms. The lowest BCUT2D eigenvalue weighted by Gasteiger charge is -2.37. The topological polar surface area (TPSA) is 56.6 Å². The molecule has 0 saturated carbocycles. The van der Waals surface area contributed by atoms with Crippen LogP contribution in [0, 0.1) is 17.2 Å². The van der Waals surface area contributed by atoms with Gasteiger partial charge in [0, 0.05) is 32.1 Å². The highest BCUT2D eigenvalue weighted by molar-refractivity contribution is 5.81. The van der Waals surface area contributed by atoms with Crippen LogP contribution in [0.4, 0.5) is 0 Å². The van der Waals surface area contributed by atoms with Crippen molar-refractivity contribution in [2.45, 2.75) is 25.8 Å². The Labute approximate surface area is 108 Å². The van der Waals surface area contributed by atoms with E-state index in [2.05, 4.69) is 11.0 Å². The quantitative estimate of drug-likeness (QED) is 0.716. The zero-order valence-electron chi connectivity index (χ0n) is 11.0. The molecule has 18 heavy (non-hydrogen) atoms. The van der Waals surface area contributed by atoms with E-state index in [1.54, 1.807) is 0 Å². The van der Waals surface area contributed by atoms with Crippen LogP contribution in [-0.2, 0) is 9.53 Å². The molecular formula is C13H21N3O2. The van der Waals surface area contributed by atoms with E-state index < -0.39 is 0 Å². The smallest absolute Gasteiger partial charge is 0.239 e. The van der Waals surface area contributed by atoms with E-state index in [9.17, 15) is 4.79 Å². The van der Waals surface area contributed by atoms with Gasteiger partial charge in [0.2, 0.25) is 5.91 Å². The first kappa shape index (κ1) is 13.3. The molecule has 1 amide bonds. The Bertz CT molecular complexity index is 326. The molecular weight excluding hydrogens is 230 g/mol. The molecule has 100 valence electrons. The standard InChI is InChI=1S/C13H21N3O2/c1-11(13(17)16-6-8-18-9-7-16)15-4-2-12(10-14)3-5-15/h11-12H,2-9H2,1H3. The molecule has 0 bridgehead atoms. The number of amides is 1. The Morgan fingerprint density at radius 3 is 2.44 bits per heavy atom. The van der Waals surface area contributed by atoms with Gasteiger partial charge in [-0.25, -0.2) is 0 Å². The fourth-order valence-electron chi connectivity index (χ4n) is 2.62. The fourth-order valence-corrected chi connectivity index (χ4v) is 2.62. The molecule has 0 N–H and O–H groups in total. The lowest BCUT2D eigenvalue weighted by Crippen LogP contribution is -2.52. The molecule has 0 aliphatic carbocycles.